The highest BCUT2D eigenvalue weighted by Gasteiger charge is 2.11. The highest BCUT2D eigenvalue weighted by Crippen LogP contribution is 2.21. The van der Waals surface area contributed by atoms with E-state index >= 15 is 0 Å². The summed E-state index contributed by atoms with van der Waals surface area (Å²) in [4.78, 5) is 25.8. The van der Waals surface area contributed by atoms with Gasteiger partial charge in [0.15, 0.2) is 0 Å². The van der Waals surface area contributed by atoms with Crippen LogP contribution in [0.3, 0.4) is 0 Å². The first-order chi connectivity index (χ1) is 12.5. The van der Waals surface area contributed by atoms with Crippen LogP contribution >= 0.6 is 11.8 Å². The Hall–Kier alpha value is -2.47. The third-order valence-corrected chi connectivity index (χ3v) is 5.03. The summed E-state index contributed by atoms with van der Waals surface area (Å²) in [6.07, 6.45) is 1.24. The number of carboxylic acids is 1. The van der Waals surface area contributed by atoms with E-state index in [0.717, 1.165) is 28.4 Å². The molecule has 2 aromatic carbocycles. The maximum absolute atomic E-state index is 12.3. The molecule has 0 saturated heterocycles. The maximum Gasteiger partial charge on any atom is 0.335 e. The lowest BCUT2D eigenvalue weighted by atomic mass is 10.2. The number of ether oxygens (including phenoxy) is 1. The van der Waals surface area contributed by atoms with Gasteiger partial charge in [-0.15, -0.1) is 11.8 Å². The molecule has 0 aliphatic heterocycles. The Morgan fingerprint density at radius 1 is 1.12 bits per heavy atom. The number of thioether (sulfide) groups is 1. The molecule has 0 atom stereocenters. The van der Waals surface area contributed by atoms with Crippen LogP contribution in [0, 0.1) is 0 Å². The van der Waals surface area contributed by atoms with Crippen LogP contribution in [0.5, 0.6) is 5.75 Å². The van der Waals surface area contributed by atoms with Gasteiger partial charge in [0.2, 0.25) is 5.91 Å². The summed E-state index contributed by atoms with van der Waals surface area (Å²) in [6.45, 7) is 0.520. The van der Waals surface area contributed by atoms with Gasteiger partial charge in [-0.2, -0.15) is 0 Å². The number of carbonyl (C=O) groups excluding carboxylic acids is 1. The molecular weight excluding hydrogens is 350 g/mol. The number of nitrogens with zero attached hydrogens (tertiary/aromatic N) is 1. The van der Waals surface area contributed by atoms with Crippen molar-refractivity contribution in [3.8, 4) is 5.75 Å². The van der Waals surface area contributed by atoms with Gasteiger partial charge in [0.05, 0.1) is 12.7 Å². The summed E-state index contributed by atoms with van der Waals surface area (Å²) in [5.74, 6) is 0.760. The van der Waals surface area contributed by atoms with E-state index in [1.807, 2.05) is 24.3 Å². The standard InChI is InChI=1S/C20H23NO4S/c1-21(14-16-6-3-4-7-18(16)25-2)19(22)8-5-13-26-17-11-9-15(10-12-17)20(23)24/h3-4,6-7,9-12H,5,8,13-14H2,1-2H3,(H,23,24). The van der Waals surface area contributed by atoms with Crippen LogP contribution in [-0.4, -0.2) is 41.8 Å². The van der Waals surface area contributed by atoms with E-state index in [1.54, 1.807) is 55.1 Å². The predicted molar refractivity (Wildman–Crippen MR) is 103 cm³/mol. The monoisotopic (exact) mass is 373 g/mol. The molecule has 1 N–H and O–H groups in total. The molecule has 0 radical (unpaired) electrons. The topological polar surface area (TPSA) is 66.8 Å². The van der Waals surface area contributed by atoms with Crippen molar-refractivity contribution in [2.45, 2.75) is 24.3 Å². The number of methoxy groups -OCH3 is 1. The number of rotatable bonds is 9. The molecule has 0 saturated carbocycles. The number of carbonyl (C=O) groups is 2. The largest absolute Gasteiger partial charge is 0.496 e. The average Bonchev–Trinajstić information content (AvgIpc) is 2.65. The zero-order chi connectivity index (χ0) is 18.9. The molecule has 0 spiro atoms. The van der Waals surface area contributed by atoms with Gasteiger partial charge in [-0.1, -0.05) is 18.2 Å². The van der Waals surface area contributed by atoms with Gasteiger partial charge in [0, 0.05) is 30.5 Å². The zero-order valence-electron chi connectivity index (χ0n) is 15.0. The quantitative estimate of drug-likeness (QED) is 0.533. The summed E-state index contributed by atoms with van der Waals surface area (Å²) < 4.78 is 5.32. The molecule has 6 heteroatoms. The third-order valence-electron chi connectivity index (χ3n) is 3.93. The lowest BCUT2D eigenvalue weighted by Gasteiger charge is -2.18. The number of amides is 1. The van der Waals surface area contributed by atoms with E-state index in [1.165, 1.54) is 0 Å². The van der Waals surface area contributed by atoms with Crippen molar-refractivity contribution < 1.29 is 19.4 Å². The second-order valence-electron chi connectivity index (χ2n) is 5.84. The number of para-hydroxylation sites is 1. The van der Waals surface area contributed by atoms with Crippen LogP contribution in [0.25, 0.3) is 0 Å². The molecule has 5 nitrogen and oxygen atoms in total. The molecule has 0 bridgehead atoms. The predicted octanol–water partition coefficient (Wildman–Crippen LogP) is 3.92. The summed E-state index contributed by atoms with van der Waals surface area (Å²) >= 11 is 1.62. The summed E-state index contributed by atoms with van der Waals surface area (Å²) in [5, 5.41) is 8.88. The normalized spacial score (nSPS) is 10.4. The smallest absolute Gasteiger partial charge is 0.335 e. The Kier molecular flexibility index (Phi) is 7.53. The first kappa shape index (κ1) is 19.8. The van der Waals surface area contributed by atoms with Crippen LogP contribution in [0.1, 0.15) is 28.8 Å². The van der Waals surface area contributed by atoms with Crippen molar-refractivity contribution in [2.75, 3.05) is 19.9 Å². The minimum Gasteiger partial charge on any atom is -0.496 e. The Bertz CT molecular complexity index is 746. The van der Waals surface area contributed by atoms with Gasteiger partial charge in [-0.3, -0.25) is 4.79 Å². The molecular formula is C20H23NO4S. The van der Waals surface area contributed by atoms with Crippen LogP contribution < -0.4 is 4.74 Å². The van der Waals surface area contributed by atoms with Crippen molar-refractivity contribution in [2.24, 2.45) is 0 Å². The fourth-order valence-corrected chi connectivity index (χ4v) is 3.33. The van der Waals surface area contributed by atoms with Gasteiger partial charge >= 0.3 is 5.97 Å². The van der Waals surface area contributed by atoms with Crippen molar-refractivity contribution in [3.63, 3.8) is 0 Å². The Morgan fingerprint density at radius 3 is 2.46 bits per heavy atom. The Labute approximate surface area is 158 Å². The lowest BCUT2D eigenvalue weighted by molar-refractivity contribution is -0.130. The lowest BCUT2D eigenvalue weighted by Crippen LogP contribution is -2.26. The number of benzene rings is 2. The minimum absolute atomic E-state index is 0.0951. The highest BCUT2D eigenvalue weighted by atomic mass is 32.2. The number of aromatic carboxylic acids is 1. The number of hydrogen-bond donors (Lipinski definition) is 1. The van der Waals surface area contributed by atoms with E-state index in [0.29, 0.717) is 13.0 Å². The van der Waals surface area contributed by atoms with Gasteiger partial charge in [0.1, 0.15) is 5.75 Å². The molecule has 0 aliphatic rings. The van der Waals surface area contributed by atoms with E-state index in [9.17, 15) is 9.59 Å². The summed E-state index contributed by atoms with van der Waals surface area (Å²) in [6, 6.07) is 14.5. The van der Waals surface area contributed by atoms with E-state index < -0.39 is 5.97 Å². The number of carboxylic acid groups (broad SMARTS) is 1. The van der Waals surface area contributed by atoms with Gasteiger partial charge in [0.25, 0.3) is 0 Å². The molecule has 2 aromatic rings. The van der Waals surface area contributed by atoms with Crippen molar-refractivity contribution in [1.29, 1.82) is 0 Å². The van der Waals surface area contributed by atoms with Crippen LogP contribution in [0.2, 0.25) is 0 Å². The van der Waals surface area contributed by atoms with E-state index in [4.69, 9.17) is 9.84 Å². The summed E-state index contributed by atoms with van der Waals surface area (Å²) in [5.41, 5.74) is 1.27. The second kappa shape index (κ2) is 9.87. The fraction of sp³-hybridized carbons (Fsp3) is 0.300. The Morgan fingerprint density at radius 2 is 1.81 bits per heavy atom. The molecule has 1 amide bonds. The van der Waals surface area contributed by atoms with Crippen LogP contribution in [0.4, 0.5) is 0 Å². The fourth-order valence-electron chi connectivity index (χ4n) is 2.48. The molecule has 26 heavy (non-hydrogen) atoms. The van der Waals surface area contributed by atoms with Crippen molar-refractivity contribution in [3.05, 3.63) is 59.7 Å². The highest BCUT2D eigenvalue weighted by molar-refractivity contribution is 7.99. The van der Waals surface area contributed by atoms with Gasteiger partial charge in [-0.05, 0) is 42.5 Å². The molecule has 2 rings (SSSR count). The van der Waals surface area contributed by atoms with Crippen LogP contribution in [-0.2, 0) is 11.3 Å². The van der Waals surface area contributed by atoms with Gasteiger partial charge < -0.3 is 14.7 Å². The average molecular weight is 373 g/mol. The van der Waals surface area contributed by atoms with Gasteiger partial charge in [-0.25, -0.2) is 4.79 Å². The summed E-state index contributed by atoms with van der Waals surface area (Å²) in [7, 11) is 3.42. The molecule has 0 aromatic heterocycles. The minimum atomic E-state index is -0.926. The molecule has 0 fully saturated rings. The molecule has 0 heterocycles. The van der Waals surface area contributed by atoms with Crippen LogP contribution in [0.15, 0.2) is 53.4 Å². The SMILES string of the molecule is COc1ccccc1CN(C)C(=O)CCCSc1ccc(C(=O)O)cc1. The van der Waals surface area contributed by atoms with E-state index in [-0.39, 0.29) is 11.5 Å². The Balaban J connectivity index is 1.75. The first-order valence-corrected chi connectivity index (χ1v) is 9.32. The molecule has 0 aliphatic carbocycles. The van der Waals surface area contributed by atoms with Crippen molar-refractivity contribution >= 4 is 23.6 Å². The first-order valence-electron chi connectivity index (χ1n) is 8.33. The second-order valence-corrected chi connectivity index (χ2v) is 7.01. The number of hydrogen-bond acceptors (Lipinski definition) is 4. The molecule has 0 unspecified atom stereocenters. The zero-order valence-corrected chi connectivity index (χ0v) is 15.8. The maximum atomic E-state index is 12.3. The molecule has 138 valence electrons. The van der Waals surface area contributed by atoms with Crippen molar-refractivity contribution in [1.82, 2.24) is 4.90 Å². The van der Waals surface area contributed by atoms with E-state index in [2.05, 4.69) is 0 Å². The third kappa shape index (κ3) is 5.81.